The number of nitrogens with one attached hydrogen (secondary N) is 1. The Morgan fingerprint density at radius 3 is 2.44 bits per heavy atom. The second kappa shape index (κ2) is 13.0. The van der Waals surface area contributed by atoms with Crippen molar-refractivity contribution in [1.82, 2.24) is 15.1 Å². The Labute approximate surface area is 211 Å². The van der Waals surface area contributed by atoms with Crippen molar-refractivity contribution in [2.24, 2.45) is 22.2 Å². The normalized spacial score (nSPS) is 21.0. The summed E-state index contributed by atoms with van der Waals surface area (Å²) in [5.41, 5.74) is 17.9. The first-order valence-corrected chi connectivity index (χ1v) is 12.5. The van der Waals surface area contributed by atoms with Crippen LogP contribution < -0.4 is 22.5 Å². The van der Waals surface area contributed by atoms with Gasteiger partial charge in [-0.15, -0.1) is 0 Å². The molecule has 2 heterocycles. The van der Waals surface area contributed by atoms with Crippen LogP contribution in [0.5, 0.6) is 0 Å². The van der Waals surface area contributed by atoms with Crippen LogP contribution in [0.25, 0.3) is 0 Å². The number of nitrogens with two attached hydrogens (primary N) is 3. The predicted molar refractivity (Wildman–Crippen MR) is 135 cm³/mol. The summed E-state index contributed by atoms with van der Waals surface area (Å²) < 4.78 is 0. The van der Waals surface area contributed by atoms with Gasteiger partial charge in [-0.1, -0.05) is 30.3 Å². The molecular formula is C25H37N7O4. The molecular weight excluding hydrogens is 462 g/mol. The zero-order valence-corrected chi connectivity index (χ0v) is 20.6. The van der Waals surface area contributed by atoms with Crippen LogP contribution in [0.4, 0.5) is 0 Å². The van der Waals surface area contributed by atoms with Gasteiger partial charge in [0.25, 0.3) is 0 Å². The van der Waals surface area contributed by atoms with Crippen molar-refractivity contribution in [2.45, 2.75) is 69.1 Å². The maximum Gasteiger partial charge on any atom is 0.245 e. The summed E-state index contributed by atoms with van der Waals surface area (Å²) in [5, 5.41) is 2.85. The molecule has 36 heavy (non-hydrogen) atoms. The van der Waals surface area contributed by atoms with Gasteiger partial charge in [-0.2, -0.15) is 0 Å². The largest absolute Gasteiger partial charge is 0.370 e. The van der Waals surface area contributed by atoms with E-state index >= 15 is 0 Å². The van der Waals surface area contributed by atoms with Crippen molar-refractivity contribution < 1.29 is 19.2 Å². The van der Waals surface area contributed by atoms with Crippen molar-refractivity contribution in [3.05, 3.63) is 35.9 Å². The Kier molecular flexibility index (Phi) is 9.80. The van der Waals surface area contributed by atoms with E-state index in [9.17, 15) is 19.2 Å². The van der Waals surface area contributed by atoms with E-state index in [0.717, 1.165) is 18.3 Å². The lowest BCUT2D eigenvalue weighted by molar-refractivity contribution is -0.142. The standard InChI is InChI=1S/C25H37N7O4/c26-19(15-17-7-2-1-3-8-17)23(35)32-14-6-11-21(32)22(34)30-20(10-4-12-29-25(27)28)24(36)31-13-5-9-18(31)16-33/h1-3,7-8,16,18-21H,4-6,9-15,26H2,(H,30,34)(H4,27,28,29)/t18-,19+,20-,21-/m0/s1. The topological polar surface area (TPSA) is 177 Å². The predicted octanol–water partition coefficient (Wildman–Crippen LogP) is -0.724. The van der Waals surface area contributed by atoms with Crippen LogP contribution in [0.1, 0.15) is 44.1 Å². The third-order valence-electron chi connectivity index (χ3n) is 6.75. The minimum Gasteiger partial charge on any atom is -0.370 e. The van der Waals surface area contributed by atoms with Crippen LogP contribution in [0.15, 0.2) is 35.3 Å². The molecule has 3 rings (SSSR count). The van der Waals surface area contributed by atoms with E-state index in [2.05, 4.69) is 10.3 Å². The van der Waals surface area contributed by atoms with Gasteiger partial charge >= 0.3 is 0 Å². The van der Waals surface area contributed by atoms with Gasteiger partial charge in [-0.25, -0.2) is 0 Å². The monoisotopic (exact) mass is 499 g/mol. The molecule has 2 aliphatic heterocycles. The molecule has 7 N–H and O–H groups in total. The second-order valence-electron chi connectivity index (χ2n) is 9.37. The highest BCUT2D eigenvalue weighted by Crippen LogP contribution is 2.21. The Morgan fingerprint density at radius 1 is 1.06 bits per heavy atom. The molecule has 0 aliphatic carbocycles. The lowest BCUT2D eigenvalue weighted by atomic mass is 10.0. The highest BCUT2D eigenvalue weighted by Gasteiger charge is 2.39. The molecule has 0 aromatic heterocycles. The number of aliphatic imine (C=N–C) groups is 1. The number of hydrogen-bond donors (Lipinski definition) is 4. The molecule has 2 aliphatic rings. The molecule has 2 fully saturated rings. The SMILES string of the molecule is NC(N)=NCCC[C@H](NC(=O)[C@@H]1CCCN1C(=O)[C@H](N)Cc1ccccc1)C(=O)N1CCC[C@H]1C=O. The minimum absolute atomic E-state index is 0.0468. The van der Waals surface area contributed by atoms with E-state index in [1.54, 1.807) is 0 Å². The number of aldehydes is 1. The molecule has 1 aromatic carbocycles. The maximum absolute atomic E-state index is 13.3. The molecule has 0 radical (unpaired) electrons. The number of nitrogens with zero attached hydrogens (tertiary/aromatic N) is 3. The van der Waals surface area contributed by atoms with E-state index in [0.29, 0.717) is 58.2 Å². The molecule has 11 heteroatoms. The first kappa shape index (κ1) is 27.1. The van der Waals surface area contributed by atoms with E-state index in [1.165, 1.54) is 9.80 Å². The van der Waals surface area contributed by atoms with E-state index < -0.39 is 30.1 Å². The first-order valence-electron chi connectivity index (χ1n) is 12.5. The zero-order valence-electron chi connectivity index (χ0n) is 20.6. The van der Waals surface area contributed by atoms with Gasteiger partial charge in [0, 0.05) is 19.6 Å². The molecule has 2 saturated heterocycles. The van der Waals surface area contributed by atoms with E-state index in [1.807, 2.05) is 30.3 Å². The molecule has 0 spiro atoms. The summed E-state index contributed by atoms with van der Waals surface area (Å²) in [6.45, 7) is 1.20. The second-order valence-corrected chi connectivity index (χ2v) is 9.37. The van der Waals surface area contributed by atoms with Crippen molar-refractivity contribution in [1.29, 1.82) is 0 Å². The zero-order chi connectivity index (χ0) is 26.1. The molecule has 0 bridgehead atoms. The fourth-order valence-corrected chi connectivity index (χ4v) is 4.91. The summed E-state index contributed by atoms with van der Waals surface area (Å²) in [6.07, 6.45) is 4.41. The van der Waals surface area contributed by atoms with Crippen LogP contribution in [0.2, 0.25) is 0 Å². The molecule has 3 amide bonds. The van der Waals surface area contributed by atoms with Crippen LogP contribution >= 0.6 is 0 Å². The number of likely N-dealkylation sites (tertiary alicyclic amines) is 2. The number of carbonyl (C=O) groups excluding carboxylic acids is 4. The molecule has 1 aromatic rings. The minimum atomic E-state index is -0.845. The average molecular weight is 500 g/mol. The van der Waals surface area contributed by atoms with Gasteiger partial charge in [-0.3, -0.25) is 19.4 Å². The van der Waals surface area contributed by atoms with Gasteiger partial charge in [0.05, 0.1) is 12.1 Å². The maximum atomic E-state index is 13.3. The number of carbonyl (C=O) groups is 4. The average Bonchev–Trinajstić information content (AvgIpc) is 3.55. The number of rotatable bonds is 11. The lowest BCUT2D eigenvalue weighted by Gasteiger charge is -2.30. The summed E-state index contributed by atoms with van der Waals surface area (Å²) in [4.78, 5) is 58.1. The summed E-state index contributed by atoms with van der Waals surface area (Å²) >= 11 is 0. The Bertz CT molecular complexity index is 951. The third-order valence-corrected chi connectivity index (χ3v) is 6.75. The van der Waals surface area contributed by atoms with E-state index in [-0.39, 0.29) is 17.8 Å². The molecule has 4 atom stereocenters. The quantitative estimate of drug-likeness (QED) is 0.134. The summed E-state index contributed by atoms with van der Waals surface area (Å²) in [7, 11) is 0. The van der Waals surface area contributed by atoms with E-state index in [4.69, 9.17) is 17.2 Å². The number of benzene rings is 1. The van der Waals surface area contributed by atoms with Crippen molar-refractivity contribution >= 4 is 30.0 Å². The van der Waals surface area contributed by atoms with Crippen LogP contribution in [-0.2, 0) is 25.6 Å². The highest BCUT2D eigenvalue weighted by atomic mass is 16.2. The van der Waals surface area contributed by atoms with Crippen LogP contribution in [0, 0.1) is 0 Å². The molecule has 0 unspecified atom stereocenters. The van der Waals surface area contributed by atoms with Crippen LogP contribution in [-0.4, -0.2) is 83.6 Å². The Balaban J connectivity index is 1.67. The van der Waals surface area contributed by atoms with Gasteiger partial charge in [0.15, 0.2) is 5.96 Å². The van der Waals surface area contributed by atoms with Gasteiger partial charge in [0.2, 0.25) is 17.7 Å². The Hall–Kier alpha value is -3.47. The number of hydrogen-bond acceptors (Lipinski definition) is 6. The van der Waals surface area contributed by atoms with Gasteiger partial charge < -0.3 is 37.1 Å². The number of guanidine groups is 1. The lowest BCUT2D eigenvalue weighted by Crippen LogP contribution is -2.56. The first-order chi connectivity index (χ1) is 17.3. The van der Waals surface area contributed by atoms with Crippen molar-refractivity contribution in [3.63, 3.8) is 0 Å². The summed E-state index contributed by atoms with van der Waals surface area (Å²) in [6, 6.07) is 6.68. The summed E-state index contributed by atoms with van der Waals surface area (Å²) in [5.74, 6) is -1.03. The highest BCUT2D eigenvalue weighted by molar-refractivity contribution is 5.94. The molecule has 196 valence electrons. The smallest absolute Gasteiger partial charge is 0.245 e. The van der Waals surface area contributed by atoms with Crippen molar-refractivity contribution in [3.8, 4) is 0 Å². The third kappa shape index (κ3) is 7.03. The fourth-order valence-electron chi connectivity index (χ4n) is 4.91. The van der Waals surface area contributed by atoms with Gasteiger partial charge in [-0.05, 0) is 50.5 Å². The van der Waals surface area contributed by atoms with Gasteiger partial charge in [0.1, 0.15) is 18.4 Å². The fraction of sp³-hybridized carbons (Fsp3) is 0.560. The molecule has 0 saturated carbocycles. The van der Waals surface area contributed by atoms with Crippen LogP contribution in [0.3, 0.4) is 0 Å². The van der Waals surface area contributed by atoms with Crippen molar-refractivity contribution in [2.75, 3.05) is 19.6 Å². The molecule has 11 nitrogen and oxygen atoms in total. The Morgan fingerprint density at radius 2 is 1.75 bits per heavy atom. The number of amides is 3.